The van der Waals surface area contributed by atoms with Crippen LogP contribution in [0, 0.1) is 41.5 Å². The first kappa shape index (κ1) is 31.7. The number of benzene rings is 6. The molecule has 1 heteroatoms. The van der Waals surface area contributed by atoms with Crippen LogP contribution in [0.15, 0.2) is 121 Å². The molecule has 1 saturated carbocycles. The molecule has 0 atom stereocenters. The van der Waals surface area contributed by atoms with Crippen LogP contribution in [0.5, 0.6) is 0 Å². The highest BCUT2D eigenvalue weighted by molar-refractivity contribution is 5.82. The summed E-state index contributed by atoms with van der Waals surface area (Å²) in [7, 11) is 0. The summed E-state index contributed by atoms with van der Waals surface area (Å²) < 4.78 is 0. The molecule has 0 aromatic heterocycles. The molecule has 240 valence electrons. The smallest absolute Gasteiger partial charge is 0.0462 e. The van der Waals surface area contributed by atoms with Crippen molar-refractivity contribution in [1.29, 1.82) is 0 Å². The summed E-state index contributed by atoms with van der Waals surface area (Å²) in [5, 5.41) is 0. The third-order valence-electron chi connectivity index (χ3n) is 10.4. The van der Waals surface area contributed by atoms with Gasteiger partial charge in [-0.15, -0.1) is 0 Å². The van der Waals surface area contributed by atoms with E-state index in [4.69, 9.17) is 0 Å². The first-order valence-electron chi connectivity index (χ1n) is 17.6. The summed E-state index contributed by atoms with van der Waals surface area (Å²) in [5.41, 5.74) is 20.5. The van der Waals surface area contributed by atoms with Crippen molar-refractivity contribution in [3.63, 3.8) is 0 Å². The first-order chi connectivity index (χ1) is 23.2. The molecule has 0 amide bonds. The second kappa shape index (κ2) is 13.3. The number of nitrogens with zero attached hydrogens (tertiary/aromatic N) is 1. The normalized spacial score (nSPS) is 13.2. The van der Waals surface area contributed by atoms with Crippen LogP contribution in [0.4, 0.5) is 17.1 Å². The van der Waals surface area contributed by atoms with E-state index < -0.39 is 0 Å². The van der Waals surface area contributed by atoms with Crippen LogP contribution in [0.3, 0.4) is 0 Å². The molecule has 48 heavy (non-hydrogen) atoms. The molecule has 1 fully saturated rings. The van der Waals surface area contributed by atoms with Crippen LogP contribution >= 0.6 is 0 Å². The molecule has 0 spiro atoms. The van der Waals surface area contributed by atoms with Crippen LogP contribution in [-0.4, -0.2) is 0 Å². The highest BCUT2D eigenvalue weighted by atomic mass is 15.1. The van der Waals surface area contributed by atoms with Crippen molar-refractivity contribution in [2.75, 3.05) is 4.90 Å². The van der Waals surface area contributed by atoms with E-state index in [9.17, 15) is 0 Å². The van der Waals surface area contributed by atoms with E-state index in [0.717, 1.165) is 23.0 Å². The predicted molar refractivity (Wildman–Crippen MR) is 207 cm³/mol. The summed E-state index contributed by atoms with van der Waals surface area (Å²) in [6.07, 6.45) is 5.40. The minimum Gasteiger partial charge on any atom is -0.311 e. The van der Waals surface area contributed by atoms with Crippen molar-refractivity contribution in [2.45, 2.75) is 73.1 Å². The molecule has 6 aromatic carbocycles. The fourth-order valence-electron chi connectivity index (χ4n) is 8.28. The van der Waals surface area contributed by atoms with Crippen molar-refractivity contribution < 1.29 is 0 Å². The molecule has 7 rings (SSSR count). The quantitative estimate of drug-likeness (QED) is 0.171. The van der Waals surface area contributed by atoms with Crippen molar-refractivity contribution in [2.24, 2.45) is 0 Å². The molecular weight excluding hydrogens is 579 g/mol. The highest BCUT2D eigenvalue weighted by Crippen LogP contribution is 2.40. The molecule has 0 unspecified atom stereocenters. The molecule has 6 aromatic rings. The van der Waals surface area contributed by atoms with Gasteiger partial charge in [0.1, 0.15) is 0 Å². The van der Waals surface area contributed by atoms with Crippen LogP contribution in [-0.2, 0) is 0 Å². The Bertz CT molecular complexity index is 1890. The lowest BCUT2D eigenvalue weighted by Crippen LogP contribution is -2.10. The van der Waals surface area contributed by atoms with Crippen LogP contribution < -0.4 is 4.90 Å². The fraction of sp³-hybridized carbons (Fsp3) is 0.234. The molecule has 0 saturated heterocycles. The molecule has 1 nitrogen and oxygen atoms in total. The molecule has 0 bridgehead atoms. The maximum Gasteiger partial charge on any atom is 0.0462 e. The highest BCUT2D eigenvalue weighted by Gasteiger charge is 2.18. The summed E-state index contributed by atoms with van der Waals surface area (Å²) in [4.78, 5) is 2.38. The van der Waals surface area contributed by atoms with Crippen molar-refractivity contribution in [3.05, 3.63) is 160 Å². The number of anilines is 3. The van der Waals surface area contributed by atoms with Crippen LogP contribution in [0.2, 0.25) is 0 Å². The van der Waals surface area contributed by atoms with E-state index in [1.165, 1.54) is 98.0 Å². The molecule has 0 N–H and O–H groups in total. The van der Waals surface area contributed by atoms with Gasteiger partial charge in [0.05, 0.1) is 0 Å². The van der Waals surface area contributed by atoms with Gasteiger partial charge in [0.2, 0.25) is 0 Å². The largest absolute Gasteiger partial charge is 0.311 e. The first-order valence-corrected chi connectivity index (χ1v) is 17.6. The molecule has 1 aliphatic carbocycles. The number of hydrogen-bond acceptors (Lipinski definition) is 1. The lowest BCUT2D eigenvalue weighted by molar-refractivity contribution is 0.723. The summed E-state index contributed by atoms with van der Waals surface area (Å²) in [6.45, 7) is 13.2. The SMILES string of the molecule is Cc1cc(C)c(-c2ccc(N(c3ccc(-c4ccc(C5CCCC5)cc4)cc3)c3ccc(-c4c(C)cc(C)cc4C)cc3)cc2)c(C)c1. The molecule has 1 aliphatic rings. The maximum atomic E-state index is 2.38. The number of aryl methyl sites for hydroxylation is 6. The van der Waals surface area contributed by atoms with Crippen LogP contribution in [0.1, 0.15) is 70.5 Å². The van der Waals surface area contributed by atoms with Crippen molar-refractivity contribution in [1.82, 2.24) is 0 Å². The second-order valence-corrected chi connectivity index (χ2v) is 14.1. The number of rotatable bonds is 7. The summed E-state index contributed by atoms with van der Waals surface area (Å²) in [6, 6.07) is 45.7. The van der Waals surface area contributed by atoms with Gasteiger partial charge < -0.3 is 4.90 Å². The Kier molecular flexibility index (Phi) is 8.80. The minimum absolute atomic E-state index is 0.741. The lowest BCUT2D eigenvalue weighted by atomic mass is 9.93. The van der Waals surface area contributed by atoms with E-state index in [2.05, 4.69) is 168 Å². The van der Waals surface area contributed by atoms with Crippen molar-refractivity contribution in [3.8, 4) is 33.4 Å². The standard InChI is InChI=1S/C47H47N/c1-31-27-33(3)46(34(4)28-31)41-17-23-44(24-18-41)48(45-25-19-42(20-26-45)47-35(5)29-32(2)30-36(47)6)43-21-15-40(16-22-43)39-13-11-38(12-14-39)37-9-7-8-10-37/h11-30,37H,7-10H2,1-6H3. The summed E-state index contributed by atoms with van der Waals surface area (Å²) in [5.74, 6) is 0.741. The molecular formula is C47H47N. The third kappa shape index (κ3) is 6.35. The van der Waals surface area contributed by atoms with E-state index in [-0.39, 0.29) is 0 Å². The van der Waals surface area contributed by atoms with E-state index in [1.807, 2.05) is 0 Å². The fourth-order valence-corrected chi connectivity index (χ4v) is 8.28. The zero-order valence-corrected chi connectivity index (χ0v) is 29.4. The second-order valence-electron chi connectivity index (χ2n) is 14.1. The zero-order valence-electron chi connectivity index (χ0n) is 29.4. The molecule has 0 aliphatic heterocycles. The minimum atomic E-state index is 0.741. The Balaban J connectivity index is 1.25. The lowest BCUT2D eigenvalue weighted by Gasteiger charge is -2.26. The Morgan fingerprint density at radius 3 is 1.06 bits per heavy atom. The molecule has 0 heterocycles. The van der Waals surface area contributed by atoms with Gasteiger partial charge in [-0.1, -0.05) is 109 Å². The van der Waals surface area contributed by atoms with Gasteiger partial charge in [-0.3, -0.25) is 0 Å². The van der Waals surface area contributed by atoms with Gasteiger partial charge in [-0.2, -0.15) is 0 Å². The average molecular weight is 626 g/mol. The average Bonchev–Trinajstić information content (AvgIpc) is 3.61. The van der Waals surface area contributed by atoms with E-state index >= 15 is 0 Å². The van der Waals surface area contributed by atoms with Gasteiger partial charge in [0.25, 0.3) is 0 Å². The predicted octanol–water partition coefficient (Wildman–Crippen LogP) is 13.7. The van der Waals surface area contributed by atoms with Gasteiger partial charge in [-0.25, -0.2) is 0 Å². The zero-order chi connectivity index (χ0) is 33.4. The van der Waals surface area contributed by atoms with E-state index in [0.29, 0.717) is 0 Å². The Morgan fingerprint density at radius 1 is 0.396 bits per heavy atom. The monoisotopic (exact) mass is 625 g/mol. The number of hydrogen-bond donors (Lipinski definition) is 0. The summed E-state index contributed by atoms with van der Waals surface area (Å²) >= 11 is 0. The Morgan fingerprint density at radius 2 is 0.708 bits per heavy atom. The Hall–Kier alpha value is -4.88. The van der Waals surface area contributed by atoms with Gasteiger partial charge in [0.15, 0.2) is 0 Å². The van der Waals surface area contributed by atoms with Gasteiger partial charge in [0, 0.05) is 17.1 Å². The Labute approximate surface area is 287 Å². The topological polar surface area (TPSA) is 3.24 Å². The van der Waals surface area contributed by atoms with Crippen molar-refractivity contribution >= 4 is 17.1 Å². The van der Waals surface area contributed by atoms with Crippen LogP contribution in [0.25, 0.3) is 33.4 Å². The molecule has 0 radical (unpaired) electrons. The maximum absolute atomic E-state index is 2.38. The third-order valence-corrected chi connectivity index (χ3v) is 10.4. The van der Waals surface area contributed by atoms with Gasteiger partial charge >= 0.3 is 0 Å². The van der Waals surface area contributed by atoms with E-state index in [1.54, 1.807) is 0 Å². The van der Waals surface area contributed by atoms with Gasteiger partial charge in [-0.05, 0) is 158 Å².